The van der Waals surface area contributed by atoms with Crippen LogP contribution >= 0.6 is 0 Å². The summed E-state index contributed by atoms with van der Waals surface area (Å²) in [6.45, 7) is 4.21. The van der Waals surface area contributed by atoms with Crippen LogP contribution in [0, 0.1) is 12.8 Å². The lowest BCUT2D eigenvalue weighted by molar-refractivity contribution is -0.147. The van der Waals surface area contributed by atoms with Gasteiger partial charge < -0.3 is 14.2 Å². The van der Waals surface area contributed by atoms with Crippen molar-refractivity contribution in [3.63, 3.8) is 0 Å². The SMILES string of the molecule is Cc1noc(CC2CCOC3(CCN(C(=O)CCc4ccccc4)CC3)C2)n1. The molecular formula is C22H29N3O3. The minimum Gasteiger partial charge on any atom is -0.375 e. The lowest BCUT2D eigenvalue weighted by atomic mass is 9.78. The van der Waals surface area contributed by atoms with Crippen molar-refractivity contribution in [2.45, 2.75) is 57.5 Å². The maximum atomic E-state index is 12.6. The highest BCUT2D eigenvalue weighted by Crippen LogP contribution is 2.38. The molecule has 1 spiro atoms. The van der Waals surface area contributed by atoms with Gasteiger partial charge in [0.15, 0.2) is 5.82 Å². The first-order chi connectivity index (χ1) is 13.6. The van der Waals surface area contributed by atoms with Gasteiger partial charge in [0.2, 0.25) is 11.8 Å². The van der Waals surface area contributed by atoms with Crippen LogP contribution in [0.1, 0.15) is 49.4 Å². The van der Waals surface area contributed by atoms with Crippen molar-refractivity contribution in [2.75, 3.05) is 19.7 Å². The fourth-order valence-corrected chi connectivity index (χ4v) is 4.54. The Morgan fingerprint density at radius 1 is 1.25 bits per heavy atom. The zero-order valence-electron chi connectivity index (χ0n) is 16.6. The summed E-state index contributed by atoms with van der Waals surface area (Å²) in [6.07, 6.45) is 6.10. The second-order valence-electron chi connectivity index (χ2n) is 8.20. The maximum Gasteiger partial charge on any atom is 0.226 e. The van der Waals surface area contributed by atoms with Crippen LogP contribution in [0.5, 0.6) is 0 Å². The number of aryl methyl sites for hydroxylation is 2. The number of likely N-dealkylation sites (tertiary alicyclic amines) is 1. The van der Waals surface area contributed by atoms with E-state index in [2.05, 4.69) is 22.3 Å². The van der Waals surface area contributed by atoms with E-state index in [0.717, 1.165) is 64.1 Å². The molecule has 2 aromatic rings. The minimum atomic E-state index is -0.0891. The Labute approximate surface area is 166 Å². The predicted octanol–water partition coefficient (Wildman–Crippen LogP) is 3.34. The highest BCUT2D eigenvalue weighted by molar-refractivity contribution is 5.76. The number of piperidine rings is 1. The molecule has 0 saturated carbocycles. The second-order valence-corrected chi connectivity index (χ2v) is 8.20. The van der Waals surface area contributed by atoms with Crippen LogP contribution in [0.25, 0.3) is 0 Å². The fourth-order valence-electron chi connectivity index (χ4n) is 4.54. The van der Waals surface area contributed by atoms with E-state index in [1.54, 1.807) is 0 Å². The molecule has 2 aliphatic heterocycles. The molecule has 0 bridgehead atoms. The standard InChI is InChI=1S/C22H29N3O3/c1-17-23-20(28-24-17)15-19-9-14-27-22(16-19)10-12-25(13-11-22)21(26)8-7-18-5-3-2-4-6-18/h2-6,19H,7-16H2,1H3. The molecule has 1 amide bonds. The first-order valence-corrected chi connectivity index (χ1v) is 10.4. The second kappa shape index (κ2) is 8.43. The monoisotopic (exact) mass is 383 g/mol. The molecule has 28 heavy (non-hydrogen) atoms. The van der Waals surface area contributed by atoms with Crippen molar-refractivity contribution in [3.8, 4) is 0 Å². The first-order valence-electron chi connectivity index (χ1n) is 10.4. The van der Waals surface area contributed by atoms with Crippen molar-refractivity contribution in [1.29, 1.82) is 0 Å². The van der Waals surface area contributed by atoms with Gasteiger partial charge in [0.05, 0.1) is 5.60 Å². The molecule has 1 atom stereocenters. The molecule has 1 aromatic carbocycles. The summed E-state index contributed by atoms with van der Waals surface area (Å²) < 4.78 is 11.5. The van der Waals surface area contributed by atoms with Crippen molar-refractivity contribution < 1.29 is 14.1 Å². The van der Waals surface area contributed by atoms with Gasteiger partial charge in [-0.05, 0) is 50.5 Å². The number of hydrogen-bond donors (Lipinski definition) is 0. The predicted molar refractivity (Wildman–Crippen MR) is 105 cm³/mol. The number of nitrogens with zero attached hydrogens (tertiary/aromatic N) is 3. The van der Waals surface area contributed by atoms with Gasteiger partial charge in [-0.1, -0.05) is 35.5 Å². The summed E-state index contributed by atoms with van der Waals surface area (Å²) in [6, 6.07) is 10.2. The van der Waals surface area contributed by atoms with E-state index in [4.69, 9.17) is 9.26 Å². The zero-order chi connectivity index (χ0) is 19.4. The third-order valence-electron chi connectivity index (χ3n) is 6.13. The number of hydrogen-bond acceptors (Lipinski definition) is 5. The lowest BCUT2D eigenvalue weighted by Crippen LogP contribution is -2.51. The average molecular weight is 383 g/mol. The molecule has 0 aliphatic carbocycles. The Kier molecular flexibility index (Phi) is 5.76. The first kappa shape index (κ1) is 19.1. The summed E-state index contributed by atoms with van der Waals surface area (Å²) in [4.78, 5) is 19.0. The number of aromatic nitrogens is 2. The molecule has 6 nitrogen and oxygen atoms in total. The van der Waals surface area contributed by atoms with E-state index in [1.165, 1.54) is 5.56 Å². The number of amides is 1. The number of carbonyl (C=O) groups is 1. The normalized spacial score (nSPS) is 21.8. The van der Waals surface area contributed by atoms with E-state index >= 15 is 0 Å². The van der Waals surface area contributed by atoms with Gasteiger partial charge in [-0.25, -0.2) is 0 Å². The van der Waals surface area contributed by atoms with Crippen molar-refractivity contribution in [2.24, 2.45) is 5.92 Å². The largest absolute Gasteiger partial charge is 0.375 e. The molecule has 2 saturated heterocycles. The zero-order valence-corrected chi connectivity index (χ0v) is 16.6. The molecule has 1 aromatic heterocycles. The maximum absolute atomic E-state index is 12.6. The van der Waals surface area contributed by atoms with Crippen LogP contribution in [0.3, 0.4) is 0 Å². The van der Waals surface area contributed by atoms with Gasteiger partial charge in [-0.2, -0.15) is 4.98 Å². The smallest absolute Gasteiger partial charge is 0.226 e. The van der Waals surface area contributed by atoms with Gasteiger partial charge in [0, 0.05) is 32.5 Å². The summed E-state index contributed by atoms with van der Waals surface area (Å²) in [7, 11) is 0. The van der Waals surface area contributed by atoms with Gasteiger partial charge in [0.1, 0.15) is 0 Å². The number of benzene rings is 1. The molecule has 2 aliphatic rings. The average Bonchev–Trinajstić information content (AvgIpc) is 3.12. The van der Waals surface area contributed by atoms with Crippen LogP contribution < -0.4 is 0 Å². The van der Waals surface area contributed by atoms with Crippen LogP contribution in [0.2, 0.25) is 0 Å². The molecule has 3 heterocycles. The molecule has 0 N–H and O–H groups in total. The summed E-state index contributed by atoms with van der Waals surface area (Å²) in [5.74, 6) is 2.19. The quantitative estimate of drug-likeness (QED) is 0.792. The Bertz CT molecular complexity index is 781. The van der Waals surface area contributed by atoms with Crippen LogP contribution in [-0.2, 0) is 22.4 Å². The molecule has 1 unspecified atom stereocenters. The number of ether oxygens (including phenoxy) is 1. The third kappa shape index (κ3) is 4.61. The third-order valence-corrected chi connectivity index (χ3v) is 6.13. The Morgan fingerprint density at radius 2 is 2.04 bits per heavy atom. The van der Waals surface area contributed by atoms with E-state index in [1.807, 2.05) is 30.0 Å². The van der Waals surface area contributed by atoms with Gasteiger partial charge in [-0.3, -0.25) is 4.79 Å². The van der Waals surface area contributed by atoms with E-state index in [9.17, 15) is 4.79 Å². The number of rotatable bonds is 5. The Balaban J connectivity index is 1.27. The van der Waals surface area contributed by atoms with Crippen molar-refractivity contribution in [3.05, 3.63) is 47.6 Å². The molecule has 4 rings (SSSR count). The number of carbonyl (C=O) groups excluding carboxylic acids is 1. The van der Waals surface area contributed by atoms with Crippen molar-refractivity contribution >= 4 is 5.91 Å². The van der Waals surface area contributed by atoms with Gasteiger partial charge in [0.25, 0.3) is 0 Å². The lowest BCUT2D eigenvalue weighted by Gasteiger charge is -2.46. The van der Waals surface area contributed by atoms with Gasteiger partial charge in [-0.15, -0.1) is 0 Å². The van der Waals surface area contributed by atoms with E-state index < -0.39 is 0 Å². The molecule has 2 fully saturated rings. The molecule has 150 valence electrons. The Morgan fingerprint density at radius 3 is 2.75 bits per heavy atom. The molecule has 0 radical (unpaired) electrons. The molecular weight excluding hydrogens is 354 g/mol. The van der Waals surface area contributed by atoms with Crippen molar-refractivity contribution in [1.82, 2.24) is 15.0 Å². The summed E-state index contributed by atoms with van der Waals surface area (Å²) >= 11 is 0. The summed E-state index contributed by atoms with van der Waals surface area (Å²) in [5.41, 5.74) is 1.13. The topological polar surface area (TPSA) is 68.5 Å². The highest BCUT2D eigenvalue weighted by Gasteiger charge is 2.41. The Hall–Kier alpha value is -2.21. The highest BCUT2D eigenvalue weighted by atomic mass is 16.5. The minimum absolute atomic E-state index is 0.0891. The van der Waals surface area contributed by atoms with Crippen LogP contribution in [-0.4, -0.2) is 46.2 Å². The van der Waals surface area contributed by atoms with E-state index in [0.29, 0.717) is 18.2 Å². The molecule has 6 heteroatoms. The van der Waals surface area contributed by atoms with E-state index in [-0.39, 0.29) is 11.5 Å². The van der Waals surface area contributed by atoms with Crippen LogP contribution in [0.4, 0.5) is 0 Å². The van der Waals surface area contributed by atoms with Crippen LogP contribution in [0.15, 0.2) is 34.9 Å². The van der Waals surface area contributed by atoms with Gasteiger partial charge >= 0.3 is 0 Å². The summed E-state index contributed by atoms with van der Waals surface area (Å²) in [5, 5.41) is 3.89. The fraction of sp³-hybridized carbons (Fsp3) is 0.591.